The van der Waals surface area contributed by atoms with Crippen molar-refractivity contribution >= 4 is 11.8 Å². The van der Waals surface area contributed by atoms with E-state index in [1.54, 1.807) is 6.07 Å². The van der Waals surface area contributed by atoms with Crippen LogP contribution in [-0.4, -0.2) is 39.1 Å². The fourth-order valence-electron chi connectivity index (χ4n) is 2.40. The van der Waals surface area contributed by atoms with E-state index in [2.05, 4.69) is 10.6 Å². The van der Waals surface area contributed by atoms with Crippen LogP contribution in [0.5, 0.6) is 11.5 Å². The second-order valence-electron chi connectivity index (χ2n) is 5.55. The number of rotatable bonds is 8. The minimum Gasteiger partial charge on any atom is -0.493 e. The number of carbonyl (C=O) groups is 2. The van der Waals surface area contributed by atoms with Gasteiger partial charge in [-0.25, -0.2) is 8.78 Å². The third-order valence-electron chi connectivity index (χ3n) is 3.81. The fourth-order valence-corrected chi connectivity index (χ4v) is 2.40. The van der Waals surface area contributed by atoms with Crippen LogP contribution in [0.3, 0.4) is 0 Å². The van der Waals surface area contributed by atoms with Gasteiger partial charge < -0.3 is 20.1 Å². The van der Waals surface area contributed by atoms with Gasteiger partial charge in [0.2, 0.25) is 5.91 Å². The molecule has 8 heteroatoms. The van der Waals surface area contributed by atoms with Crippen molar-refractivity contribution in [2.45, 2.75) is 6.42 Å². The number of benzene rings is 2. The molecule has 0 fully saturated rings. The summed E-state index contributed by atoms with van der Waals surface area (Å²) in [5.74, 6) is -1.39. The van der Waals surface area contributed by atoms with Crippen LogP contribution in [0.1, 0.15) is 15.9 Å². The van der Waals surface area contributed by atoms with Gasteiger partial charge in [0.05, 0.1) is 20.8 Å². The predicted molar refractivity (Wildman–Crippen MR) is 95.0 cm³/mol. The van der Waals surface area contributed by atoms with Gasteiger partial charge in [0.15, 0.2) is 11.5 Å². The molecule has 0 aliphatic rings. The van der Waals surface area contributed by atoms with Gasteiger partial charge in [-0.15, -0.1) is 0 Å². The fraction of sp³-hybridized carbons (Fsp3) is 0.263. The maximum absolute atomic E-state index is 13.5. The zero-order valence-electron chi connectivity index (χ0n) is 15.0. The van der Waals surface area contributed by atoms with Gasteiger partial charge in [0, 0.05) is 17.7 Å². The Morgan fingerprint density at radius 3 is 2.26 bits per heavy atom. The predicted octanol–water partition coefficient (Wildman–Crippen LogP) is 2.07. The van der Waals surface area contributed by atoms with E-state index in [0.717, 1.165) is 12.1 Å². The monoisotopic (exact) mass is 378 g/mol. The second-order valence-corrected chi connectivity index (χ2v) is 5.55. The highest BCUT2D eigenvalue weighted by Gasteiger charge is 2.12. The van der Waals surface area contributed by atoms with Crippen LogP contribution in [0.2, 0.25) is 0 Å². The molecule has 2 aromatic rings. The van der Waals surface area contributed by atoms with E-state index in [4.69, 9.17) is 9.47 Å². The van der Waals surface area contributed by atoms with Gasteiger partial charge in [0.1, 0.15) is 11.6 Å². The quantitative estimate of drug-likeness (QED) is 0.737. The summed E-state index contributed by atoms with van der Waals surface area (Å²) in [6.07, 6.45) is 0.00781. The molecule has 6 nitrogen and oxygen atoms in total. The molecule has 2 amide bonds. The number of methoxy groups -OCH3 is 2. The van der Waals surface area contributed by atoms with Crippen molar-refractivity contribution in [1.29, 1.82) is 0 Å². The van der Waals surface area contributed by atoms with E-state index >= 15 is 0 Å². The topological polar surface area (TPSA) is 76.7 Å². The van der Waals surface area contributed by atoms with Gasteiger partial charge in [-0.05, 0) is 36.8 Å². The summed E-state index contributed by atoms with van der Waals surface area (Å²) in [5, 5.41) is 4.96. The van der Waals surface area contributed by atoms with E-state index in [1.165, 1.54) is 32.4 Å². The summed E-state index contributed by atoms with van der Waals surface area (Å²) in [7, 11) is 2.93. The largest absolute Gasteiger partial charge is 0.493 e. The average molecular weight is 378 g/mol. The molecule has 0 radical (unpaired) electrons. The molecule has 0 aliphatic carbocycles. The normalized spacial score (nSPS) is 10.2. The lowest BCUT2D eigenvalue weighted by atomic mass is 10.1. The van der Waals surface area contributed by atoms with Crippen LogP contribution < -0.4 is 20.1 Å². The molecular formula is C19H20F2N2O4. The molecule has 0 atom stereocenters. The van der Waals surface area contributed by atoms with Crippen LogP contribution in [0, 0.1) is 11.6 Å². The zero-order valence-corrected chi connectivity index (χ0v) is 15.0. The first-order valence-corrected chi connectivity index (χ1v) is 8.16. The maximum Gasteiger partial charge on any atom is 0.251 e. The van der Waals surface area contributed by atoms with Gasteiger partial charge in [0.25, 0.3) is 5.91 Å². The third-order valence-corrected chi connectivity index (χ3v) is 3.81. The minimum atomic E-state index is -0.661. The van der Waals surface area contributed by atoms with E-state index < -0.39 is 23.4 Å². The number of halogens is 2. The van der Waals surface area contributed by atoms with Crippen LogP contribution >= 0.6 is 0 Å². The Morgan fingerprint density at radius 2 is 1.63 bits per heavy atom. The van der Waals surface area contributed by atoms with Crippen molar-refractivity contribution in [1.82, 2.24) is 10.6 Å². The Hall–Kier alpha value is -3.16. The SMILES string of the molecule is COc1ccc(C(=O)NCC(=O)NCCc2c(F)cccc2F)cc1OC. The Labute approximate surface area is 155 Å². The second kappa shape index (κ2) is 9.51. The minimum absolute atomic E-state index is 0.00781. The van der Waals surface area contributed by atoms with E-state index in [9.17, 15) is 18.4 Å². The van der Waals surface area contributed by atoms with Gasteiger partial charge >= 0.3 is 0 Å². The molecule has 27 heavy (non-hydrogen) atoms. The van der Waals surface area contributed by atoms with Gasteiger partial charge in [-0.1, -0.05) is 6.07 Å². The summed E-state index contributed by atoms with van der Waals surface area (Å²) < 4.78 is 37.2. The number of hydrogen-bond acceptors (Lipinski definition) is 4. The third kappa shape index (κ3) is 5.40. The van der Waals surface area contributed by atoms with Crippen molar-refractivity contribution in [3.05, 3.63) is 59.2 Å². The standard InChI is InChI=1S/C19H20F2N2O4/c1-26-16-7-6-12(10-17(16)27-2)19(25)23-11-18(24)22-9-8-13-14(20)4-3-5-15(13)21/h3-7,10H,8-9,11H2,1-2H3,(H,22,24)(H,23,25). The zero-order chi connectivity index (χ0) is 19.8. The summed E-state index contributed by atoms with van der Waals surface area (Å²) in [6.45, 7) is -0.226. The molecule has 0 aromatic heterocycles. The molecule has 144 valence electrons. The molecule has 2 rings (SSSR count). The van der Waals surface area contributed by atoms with Gasteiger partial charge in [-0.2, -0.15) is 0 Å². The molecule has 0 bridgehead atoms. The molecule has 2 aromatic carbocycles. The first-order valence-electron chi connectivity index (χ1n) is 8.16. The molecule has 0 aliphatic heterocycles. The summed E-state index contributed by atoms with van der Waals surface area (Å²) >= 11 is 0. The lowest BCUT2D eigenvalue weighted by molar-refractivity contribution is -0.120. The van der Waals surface area contributed by atoms with Crippen molar-refractivity contribution in [3.63, 3.8) is 0 Å². The molecular weight excluding hydrogens is 358 g/mol. The smallest absolute Gasteiger partial charge is 0.251 e. The lowest BCUT2D eigenvalue weighted by Crippen LogP contribution is -2.37. The Balaban J connectivity index is 1.82. The number of nitrogens with one attached hydrogen (secondary N) is 2. The Bertz CT molecular complexity index is 807. The Kier molecular flexibility index (Phi) is 7.10. The van der Waals surface area contributed by atoms with Crippen molar-refractivity contribution < 1.29 is 27.8 Å². The summed E-state index contributed by atoms with van der Waals surface area (Å²) in [4.78, 5) is 23.9. The lowest BCUT2D eigenvalue weighted by Gasteiger charge is -2.10. The van der Waals surface area contributed by atoms with Crippen molar-refractivity contribution in [2.75, 3.05) is 27.3 Å². The van der Waals surface area contributed by atoms with E-state index in [-0.39, 0.29) is 25.1 Å². The molecule has 0 saturated heterocycles. The number of amides is 2. The Morgan fingerprint density at radius 1 is 0.963 bits per heavy atom. The molecule has 0 saturated carbocycles. The molecule has 0 unspecified atom stereocenters. The molecule has 0 spiro atoms. The van der Waals surface area contributed by atoms with Crippen LogP contribution in [0.25, 0.3) is 0 Å². The summed E-state index contributed by atoms with van der Waals surface area (Å²) in [5.41, 5.74) is 0.209. The van der Waals surface area contributed by atoms with Crippen LogP contribution in [0.4, 0.5) is 8.78 Å². The van der Waals surface area contributed by atoms with Crippen molar-refractivity contribution in [2.24, 2.45) is 0 Å². The molecule has 2 N–H and O–H groups in total. The average Bonchev–Trinajstić information content (AvgIpc) is 2.67. The summed E-state index contributed by atoms with van der Waals surface area (Å²) in [6, 6.07) is 8.20. The number of hydrogen-bond donors (Lipinski definition) is 2. The highest BCUT2D eigenvalue weighted by molar-refractivity contribution is 5.97. The first-order chi connectivity index (χ1) is 13.0. The van der Waals surface area contributed by atoms with Crippen molar-refractivity contribution in [3.8, 4) is 11.5 Å². The van der Waals surface area contributed by atoms with Gasteiger partial charge in [-0.3, -0.25) is 9.59 Å². The van der Waals surface area contributed by atoms with Crippen LogP contribution in [0.15, 0.2) is 36.4 Å². The van der Waals surface area contributed by atoms with Crippen LogP contribution in [-0.2, 0) is 11.2 Å². The molecule has 0 heterocycles. The van der Waals surface area contributed by atoms with E-state index in [1.807, 2.05) is 0 Å². The maximum atomic E-state index is 13.5. The highest BCUT2D eigenvalue weighted by Crippen LogP contribution is 2.27. The first kappa shape index (κ1) is 20.2. The van der Waals surface area contributed by atoms with E-state index in [0.29, 0.717) is 17.1 Å². The number of carbonyl (C=O) groups excluding carboxylic acids is 2. The number of ether oxygens (including phenoxy) is 2. The highest BCUT2D eigenvalue weighted by atomic mass is 19.1.